The summed E-state index contributed by atoms with van der Waals surface area (Å²) in [5, 5.41) is 1.98. The number of rotatable bonds is 4. The molecule has 0 aromatic carbocycles. The predicted molar refractivity (Wildman–Crippen MR) is 70.8 cm³/mol. The van der Waals surface area contributed by atoms with Crippen molar-refractivity contribution < 1.29 is 9.53 Å². The van der Waals surface area contributed by atoms with E-state index in [0.29, 0.717) is 5.92 Å². The highest BCUT2D eigenvalue weighted by Crippen LogP contribution is 2.30. The molecular formula is C14H20O2S. The maximum Gasteiger partial charge on any atom is 0.192 e. The molecule has 0 bridgehead atoms. The smallest absolute Gasteiger partial charge is 0.192 e. The molecule has 0 N–H and O–H groups in total. The van der Waals surface area contributed by atoms with Gasteiger partial charge in [-0.2, -0.15) is 0 Å². The van der Waals surface area contributed by atoms with Crippen molar-refractivity contribution >= 4 is 17.1 Å². The second-order valence-electron chi connectivity index (χ2n) is 4.81. The minimum absolute atomic E-state index is 0.179. The summed E-state index contributed by atoms with van der Waals surface area (Å²) in [5.41, 5.74) is 0.854. The highest BCUT2D eigenvalue weighted by Gasteiger charge is 2.30. The fourth-order valence-electron chi connectivity index (χ4n) is 2.74. The molecule has 1 saturated carbocycles. The second kappa shape index (κ2) is 5.78. The average Bonchev–Trinajstić information content (AvgIpc) is 2.77. The second-order valence-corrected chi connectivity index (χ2v) is 5.93. The third kappa shape index (κ3) is 2.78. The van der Waals surface area contributed by atoms with E-state index >= 15 is 0 Å². The molecular weight excluding hydrogens is 232 g/mol. The highest BCUT2D eigenvalue weighted by molar-refractivity contribution is 7.10. The molecule has 2 rings (SSSR count). The van der Waals surface area contributed by atoms with E-state index in [1.807, 2.05) is 18.4 Å². The Morgan fingerprint density at radius 1 is 1.41 bits per heavy atom. The number of hydrogen-bond donors (Lipinski definition) is 0. The van der Waals surface area contributed by atoms with Crippen LogP contribution < -0.4 is 0 Å². The Morgan fingerprint density at radius 2 is 2.12 bits per heavy atom. The van der Waals surface area contributed by atoms with Crippen LogP contribution in [0.15, 0.2) is 11.4 Å². The third-order valence-corrected chi connectivity index (χ3v) is 4.56. The number of carbonyl (C=O) groups is 1. The summed E-state index contributed by atoms with van der Waals surface area (Å²) < 4.78 is 5.49. The van der Waals surface area contributed by atoms with Crippen LogP contribution in [0.4, 0.5) is 0 Å². The molecule has 0 spiro atoms. The molecule has 1 aliphatic rings. The van der Waals surface area contributed by atoms with Crippen LogP contribution in [0.2, 0.25) is 0 Å². The number of ketones is 1. The van der Waals surface area contributed by atoms with E-state index in [-0.39, 0.29) is 11.9 Å². The molecule has 1 aromatic heterocycles. The summed E-state index contributed by atoms with van der Waals surface area (Å²) in [7, 11) is 1.67. The lowest BCUT2D eigenvalue weighted by molar-refractivity contribution is 0.0314. The molecule has 1 atom stereocenters. The van der Waals surface area contributed by atoms with Crippen molar-refractivity contribution in [3.63, 3.8) is 0 Å². The van der Waals surface area contributed by atoms with Crippen molar-refractivity contribution in [1.82, 2.24) is 0 Å². The molecule has 2 nitrogen and oxygen atoms in total. The topological polar surface area (TPSA) is 26.3 Å². The fourth-order valence-corrected chi connectivity index (χ4v) is 3.45. The van der Waals surface area contributed by atoms with Gasteiger partial charge in [0, 0.05) is 17.6 Å². The minimum Gasteiger partial charge on any atom is -0.373 e. The van der Waals surface area contributed by atoms with Crippen LogP contribution in [0.5, 0.6) is 0 Å². The lowest BCUT2D eigenvalue weighted by Gasteiger charge is -2.28. The van der Waals surface area contributed by atoms with Crippen molar-refractivity contribution in [3.8, 4) is 0 Å². The summed E-state index contributed by atoms with van der Waals surface area (Å²) in [4.78, 5) is 13.5. The van der Waals surface area contributed by atoms with Gasteiger partial charge in [0.05, 0.1) is 0 Å². The normalized spacial score (nSPS) is 19.2. The summed E-state index contributed by atoms with van der Waals surface area (Å²) in [6.07, 6.45) is 5.81. The molecule has 3 heteroatoms. The van der Waals surface area contributed by atoms with Crippen molar-refractivity contribution in [3.05, 3.63) is 21.9 Å². The van der Waals surface area contributed by atoms with Gasteiger partial charge in [0.15, 0.2) is 5.78 Å². The van der Waals surface area contributed by atoms with Crippen LogP contribution in [0.1, 0.15) is 47.3 Å². The minimum atomic E-state index is -0.233. The number of aryl methyl sites for hydroxylation is 1. The van der Waals surface area contributed by atoms with E-state index in [0.717, 1.165) is 23.3 Å². The van der Waals surface area contributed by atoms with Crippen LogP contribution in [0, 0.1) is 12.8 Å². The molecule has 1 aromatic rings. The summed E-state index contributed by atoms with van der Waals surface area (Å²) in [6.45, 7) is 2.01. The van der Waals surface area contributed by atoms with Crippen LogP contribution in [-0.2, 0) is 4.74 Å². The molecule has 1 heterocycles. The SMILES string of the molecule is COC(C(=O)c1ccsc1C)C1CCCCC1. The molecule has 0 aliphatic heterocycles. The van der Waals surface area contributed by atoms with E-state index < -0.39 is 0 Å². The van der Waals surface area contributed by atoms with E-state index in [1.54, 1.807) is 18.4 Å². The maximum absolute atomic E-state index is 12.4. The first kappa shape index (κ1) is 12.8. The monoisotopic (exact) mass is 252 g/mol. The first-order valence-electron chi connectivity index (χ1n) is 6.35. The van der Waals surface area contributed by atoms with Crippen LogP contribution in [0.3, 0.4) is 0 Å². The molecule has 1 aliphatic carbocycles. The maximum atomic E-state index is 12.4. The van der Waals surface area contributed by atoms with Gasteiger partial charge in [-0.15, -0.1) is 11.3 Å². The zero-order valence-electron chi connectivity index (χ0n) is 10.6. The first-order chi connectivity index (χ1) is 8.24. The van der Waals surface area contributed by atoms with Gasteiger partial charge < -0.3 is 4.74 Å². The Kier molecular flexibility index (Phi) is 4.35. The van der Waals surface area contributed by atoms with Crippen molar-refractivity contribution in [2.24, 2.45) is 5.92 Å². The zero-order chi connectivity index (χ0) is 12.3. The van der Waals surface area contributed by atoms with Crippen LogP contribution in [0.25, 0.3) is 0 Å². The summed E-state index contributed by atoms with van der Waals surface area (Å²) in [5.74, 6) is 0.596. The fraction of sp³-hybridized carbons (Fsp3) is 0.643. The Balaban J connectivity index is 2.12. The summed E-state index contributed by atoms with van der Waals surface area (Å²) >= 11 is 1.63. The number of hydrogen-bond acceptors (Lipinski definition) is 3. The van der Waals surface area contributed by atoms with Crippen molar-refractivity contribution in [2.45, 2.75) is 45.1 Å². The van der Waals surface area contributed by atoms with E-state index in [2.05, 4.69) is 0 Å². The van der Waals surface area contributed by atoms with Gasteiger partial charge in [-0.05, 0) is 37.1 Å². The van der Waals surface area contributed by atoms with Crippen LogP contribution in [-0.4, -0.2) is 19.0 Å². The third-order valence-electron chi connectivity index (χ3n) is 3.71. The standard InChI is InChI=1S/C14H20O2S/c1-10-12(8-9-17-10)13(15)14(16-2)11-6-4-3-5-7-11/h8-9,11,14H,3-7H2,1-2H3. The largest absolute Gasteiger partial charge is 0.373 e. The highest BCUT2D eigenvalue weighted by atomic mass is 32.1. The van der Waals surface area contributed by atoms with Gasteiger partial charge in [0.2, 0.25) is 0 Å². The average molecular weight is 252 g/mol. The van der Waals surface area contributed by atoms with E-state index in [1.165, 1.54) is 19.3 Å². The van der Waals surface area contributed by atoms with Gasteiger partial charge >= 0.3 is 0 Å². The lowest BCUT2D eigenvalue weighted by atomic mass is 9.82. The Labute approximate surface area is 107 Å². The Hall–Kier alpha value is -0.670. The molecule has 94 valence electrons. The number of carbonyl (C=O) groups excluding carboxylic acids is 1. The van der Waals surface area contributed by atoms with Crippen LogP contribution >= 0.6 is 11.3 Å². The van der Waals surface area contributed by atoms with Gasteiger partial charge in [-0.3, -0.25) is 4.79 Å². The molecule has 0 radical (unpaired) electrons. The number of methoxy groups -OCH3 is 1. The van der Waals surface area contributed by atoms with Crippen molar-refractivity contribution in [2.75, 3.05) is 7.11 Å². The molecule has 1 unspecified atom stereocenters. The van der Waals surface area contributed by atoms with Gasteiger partial charge in [0.25, 0.3) is 0 Å². The molecule has 0 amide bonds. The number of thiophene rings is 1. The Bertz CT molecular complexity index is 377. The van der Waals surface area contributed by atoms with E-state index in [4.69, 9.17) is 4.74 Å². The number of Topliss-reactive ketones (excluding diaryl/α,β-unsaturated/α-hetero) is 1. The van der Waals surface area contributed by atoms with Gasteiger partial charge in [0.1, 0.15) is 6.10 Å². The zero-order valence-corrected chi connectivity index (χ0v) is 11.4. The number of ether oxygens (including phenoxy) is 1. The Morgan fingerprint density at radius 3 is 2.65 bits per heavy atom. The predicted octanol–water partition coefficient (Wildman–Crippen LogP) is 3.83. The van der Waals surface area contributed by atoms with Crippen molar-refractivity contribution in [1.29, 1.82) is 0 Å². The lowest BCUT2D eigenvalue weighted by Crippen LogP contribution is -2.33. The quantitative estimate of drug-likeness (QED) is 0.761. The molecule has 1 fully saturated rings. The molecule has 0 saturated heterocycles. The first-order valence-corrected chi connectivity index (χ1v) is 7.23. The van der Waals surface area contributed by atoms with Gasteiger partial charge in [-0.25, -0.2) is 0 Å². The van der Waals surface area contributed by atoms with E-state index in [9.17, 15) is 4.79 Å². The summed E-state index contributed by atoms with van der Waals surface area (Å²) in [6, 6.07) is 1.93. The molecule has 17 heavy (non-hydrogen) atoms. The van der Waals surface area contributed by atoms with Gasteiger partial charge in [-0.1, -0.05) is 19.3 Å².